The molecule has 136 valence electrons. The molecule has 2 saturated heterocycles. The molecule has 7 nitrogen and oxygen atoms in total. The van der Waals surface area contributed by atoms with Crippen LogP contribution in [0.2, 0.25) is 0 Å². The Morgan fingerprint density at radius 3 is 2.76 bits per heavy atom. The highest BCUT2D eigenvalue weighted by Gasteiger charge is 2.35. The first-order valence-corrected chi connectivity index (χ1v) is 8.69. The predicted molar refractivity (Wildman–Crippen MR) is 92.5 cm³/mol. The lowest BCUT2D eigenvalue weighted by Gasteiger charge is -2.39. The molecule has 1 N–H and O–H groups in total. The molecule has 2 amide bonds. The molecular formula is C18H25N3O4. The second kappa shape index (κ2) is 8.31. The van der Waals surface area contributed by atoms with E-state index >= 15 is 0 Å². The van der Waals surface area contributed by atoms with Crippen molar-refractivity contribution in [2.24, 2.45) is 0 Å². The van der Waals surface area contributed by atoms with E-state index < -0.39 is 6.04 Å². The number of carbonyl (C=O) groups excluding carboxylic acids is 2. The van der Waals surface area contributed by atoms with Crippen LogP contribution in [0.1, 0.15) is 5.56 Å². The van der Waals surface area contributed by atoms with E-state index in [1.165, 1.54) is 0 Å². The summed E-state index contributed by atoms with van der Waals surface area (Å²) in [6, 6.07) is 7.05. The lowest BCUT2D eigenvalue weighted by molar-refractivity contribution is -0.149. The molecule has 0 aromatic heterocycles. The summed E-state index contributed by atoms with van der Waals surface area (Å²) in [5.74, 6) is 0.656. The molecule has 25 heavy (non-hydrogen) atoms. The summed E-state index contributed by atoms with van der Waals surface area (Å²) < 4.78 is 10.6. The molecule has 0 saturated carbocycles. The molecule has 1 aromatic carbocycles. The summed E-state index contributed by atoms with van der Waals surface area (Å²) in [6.45, 7) is 4.02. The van der Waals surface area contributed by atoms with Gasteiger partial charge >= 0.3 is 0 Å². The van der Waals surface area contributed by atoms with Crippen molar-refractivity contribution in [1.29, 1.82) is 0 Å². The fourth-order valence-corrected chi connectivity index (χ4v) is 3.33. The van der Waals surface area contributed by atoms with Crippen LogP contribution in [0.25, 0.3) is 0 Å². The topological polar surface area (TPSA) is 71.1 Å². The lowest BCUT2D eigenvalue weighted by atomic mass is 10.1. The number of benzene rings is 1. The van der Waals surface area contributed by atoms with E-state index in [-0.39, 0.29) is 18.2 Å². The van der Waals surface area contributed by atoms with Crippen LogP contribution in [0.15, 0.2) is 24.3 Å². The van der Waals surface area contributed by atoms with Gasteiger partial charge in [-0.2, -0.15) is 0 Å². The van der Waals surface area contributed by atoms with Crippen LogP contribution in [0.3, 0.4) is 0 Å². The van der Waals surface area contributed by atoms with Gasteiger partial charge in [0.2, 0.25) is 11.8 Å². The molecule has 1 aromatic rings. The Balaban J connectivity index is 1.71. The predicted octanol–water partition coefficient (Wildman–Crippen LogP) is -0.103. The van der Waals surface area contributed by atoms with E-state index in [9.17, 15) is 9.59 Å². The van der Waals surface area contributed by atoms with E-state index in [2.05, 4.69) is 5.32 Å². The van der Waals surface area contributed by atoms with E-state index in [4.69, 9.17) is 9.47 Å². The van der Waals surface area contributed by atoms with Gasteiger partial charge in [-0.25, -0.2) is 0 Å². The van der Waals surface area contributed by atoms with Gasteiger partial charge < -0.3 is 24.6 Å². The number of hydrogen-bond acceptors (Lipinski definition) is 5. The second-order valence-corrected chi connectivity index (χ2v) is 6.23. The van der Waals surface area contributed by atoms with Gasteiger partial charge in [0.05, 0.1) is 26.7 Å². The highest BCUT2D eigenvalue weighted by atomic mass is 16.5. The Kier molecular flexibility index (Phi) is 5.88. The molecule has 0 aliphatic carbocycles. The van der Waals surface area contributed by atoms with Gasteiger partial charge in [-0.3, -0.25) is 9.59 Å². The zero-order valence-electron chi connectivity index (χ0n) is 14.6. The summed E-state index contributed by atoms with van der Waals surface area (Å²) in [4.78, 5) is 29.2. The highest BCUT2D eigenvalue weighted by Crippen LogP contribution is 2.20. The monoisotopic (exact) mass is 347 g/mol. The third-order valence-corrected chi connectivity index (χ3v) is 4.71. The summed E-state index contributed by atoms with van der Waals surface area (Å²) in [5.41, 5.74) is 0.839. The highest BCUT2D eigenvalue weighted by molar-refractivity contribution is 5.89. The number of piperazine rings is 1. The number of morpholine rings is 1. The van der Waals surface area contributed by atoms with Crippen molar-refractivity contribution in [3.05, 3.63) is 29.8 Å². The van der Waals surface area contributed by atoms with Crippen LogP contribution >= 0.6 is 0 Å². The number of nitrogens with zero attached hydrogens (tertiary/aromatic N) is 2. The Bertz CT molecular complexity index is 616. The van der Waals surface area contributed by atoms with E-state index in [0.29, 0.717) is 51.7 Å². The molecule has 7 heteroatoms. The molecule has 0 unspecified atom stereocenters. The molecule has 2 heterocycles. The number of ether oxygens (including phenoxy) is 2. The quantitative estimate of drug-likeness (QED) is 0.823. The number of carbonyl (C=O) groups is 2. The van der Waals surface area contributed by atoms with Crippen LogP contribution in [0.5, 0.6) is 5.75 Å². The van der Waals surface area contributed by atoms with E-state index in [1.54, 1.807) is 16.9 Å². The minimum absolute atomic E-state index is 0.00359. The van der Waals surface area contributed by atoms with Gasteiger partial charge in [-0.05, 0) is 6.07 Å². The first kappa shape index (κ1) is 17.7. The van der Waals surface area contributed by atoms with Crippen molar-refractivity contribution in [1.82, 2.24) is 15.1 Å². The molecule has 0 spiro atoms. The summed E-state index contributed by atoms with van der Waals surface area (Å²) in [6.07, 6.45) is 0.233. The molecule has 0 radical (unpaired) electrons. The van der Waals surface area contributed by atoms with Gasteiger partial charge in [0.1, 0.15) is 11.8 Å². The third kappa shape index (κ3) is 4.11. The zero-order valence-corrected chi connectivity index (χ0v) is 14.6. The van der Waals surface area contributed by atoms with Crippen LogP contribution in [-0.2, 0) is 20.7 Å². The standard InChI is InChI=1S/C18H25N3O4/c1-24-16-5-3-2-4-14(16)12-17(22)21-7-6-19-13-15(21)18(23)20-8-10-25-11-9-20/h2-5,15,19H,6-13H2,1H3/t15-/m0/s1. The fourth-order valence-electron chi connectivity index (χ4n) is 3.33. The number of para-hydroxylation sites is 1. The molecular weight excluding hydrogens is 322 g/mol. The maximum absolute atomic E-state index is 12.9. The first-order chi connectivity index (χ1) is 12.2. The molecule has 3 rings (SSSR count). The van der Waals surface area contributed by atoms with Crippen LogP contribution < -0.4 is 10.1 Å². The van der Waals surface area contributed by atoms with E-state index in [0.717, 1.165) is 5.56 Å². The Morgan fingerprint density at radius 2 is 2.00 bits per heavy atom. The van der Waals surface area contributed by atoms with Crippen molar-refractivity contribution < 1.29 is 19.1 Å². The molecule has 2 aliphatic heterocycles. The van der Waals surface area contributed by atoms with Gasteiger partial charge in [0.15, 0.2) is 0 Å². The van der Waals surface area contributed by atoms with E-state index in [1.807, 2.05) is 24.3 Å². The summed E-state index contributed by atoms with van der Waals surface area (Å²) in [5, 5.41) is 3.23. The maximum atomic E-state index is 12.9. The zero-order chi connectivity index (χ0) is 17.6. The maximum Gasteiger partial charge on any atom is 0.246 e. The number of rotatable bonds is 4. The fraction of sp³-hybridized carbons (Fsp3) is 0.556. The lowest BCUT2D eigenvalue weighted by Crippen LogP contribution is -2.61. The average Bonchev–Trinajstić information content (AvgIpc) is 2.68. The second-order valence-electron chi connectivity index (χ2n) is 6.23. The summed E-state index contributed by atoms with van der Waals surface area (Å²) >= 11 is 0. The minimum Gasteiger partial charge on any atom is -0.496 e. The van der Waals surface area contributed by atoms with Crippen LogP contribution in [0.4, 0.5) is 0 Å². The number of methoxy groups -OCH3 is 1. The number of hydrogen-bond donors (Lipinski definition) is 1. The van der Waals surface area contributed by atoms with Gasteiger partial charge in [0.25, 0.3) is 0 Å². The largest absolute Gasteiger partial charge is 0.496 e. The Hall–Kier alpha value is -2.12. The van der Waals surface area contributed by atoms with Gasteiger partial charge in [0, 0.05) is 38.3 Å². The van der Waals surface area contributed by atoms with Crippen molar-refractivity contribution in [2.75, 3.05) is 53.0 Å². The molecule has 0 bridgehead atoms. The normalized spacial score (nSPS) is 21.1. The Morgan fingerprint density at radius 1 is 1.24 bits per heavy atom. The Labute approximate surface area is 147 Å². The molecule has 1 atom stereocenters. The number of nitrogens with one attached hydrogen (secondary N) is 1. The van der Waals surface area contributed by atoms with Crippen LogP contribution in [-0.4, -0.2) is 80.7 Å². The average molecular weight is 347 g/mol. The SMILES string of the molecule is COc1ccccc1CC(=O)N1CCNC[C@H]1C(=O)N1CCOCC1. The number of amides is 2. The van der Waals surface area contributed by atoms with Crippen LogP contribution in [0, 0.1) is 0 Å². The minimum atomic E-state index is -0.450. The van der Waals surface area contributed by atoms with Gasteiger partial charge in [-0.1, -0.05) is 18.2 Å². The van der Waals surface area contributed by atoms with Crippen molar-refractivity contribution in [3.8, 4) is 5.75 Å². The smallest absolute Gasteiger partial charge is 0.246 e. The van der Waals surface area contributed by atoms with Crippen molar-refractivity contribution in [2.45, 2.75) is 12.5 Å². The first-order valence-electron chi connectivity index (χ1n) is 8.69. The molecule has 2 aliphatic rings. The van der Waals surface area contributed by atoms with Crippen molar-refractivity contribution >= 4 is 11.8 Å². The summed E-state index contributed by atoms with van der Waals surface area (Å²) in [7, 11) is 1.60. The van der Waals surface area contributed by atoms with Gasteiger partial charge in [-0.15, -0.1) is 0 Å². The molecule has 2 fully saturated rings. The van der Waals surface area contributed by atoms with Crippen molar-refractivity contribution in [3.63, 3.8) is 0 Å². The third-order valence-electron chi connectivity index (χ3n) is 4.71.